The topological polar surface area (TPSA) is 42.7 Å². The molecule has 0 radical (unpaired) electrons. The van der Waals surface area contributed by atoms with E-state index in [1.807, 2.05) is 17.8 Å². The van der Waals surface area contributed by atoms with E-state index in [4.69, 9.17) is 0 Å². The van der Waals surface area contributed by atoms with E-state index < -0.39 is 0 Å². The Labute approximate surface area is 99.3 Å². The minimum Gasteiger partial charge on any atom is -0.362 e. The van der Waals surface area contributed by atoms with Crippen molar-refractivity contribution in [3.8, 4) is 0 Å². The van der Waals surface area contributed by atoms with Crippen molar-refractivity contribution in [3.63, 3.8) is 0 Å². The summed E-state index contributed by atoms with van der Waals surface area (Å²) in [5.41, 5.74) is 2.25. The van der Waals surface area contributed by atoms with Crippen LogP contribution in [0.1, 0.15) is 23.2 Å². The van der Waals surface area contributed by atoms with Crippen LogP contribution < -0.4 is 5.32 Å². The van der Waals surface area contributed by atoms with Gasteiger partial charge in [-0.2, -0.15) is 5.10 Å². The molecule has 0 aliphatic heterocycles. The second-order valence-corrected chi connectivity index (χ2v) is 4.86. The fourth-order valence-electron chi connectivity index (χ4n) is 1.60. The third kappa shape index (κ3) is 2.41. The van der Waals surface area contributed by atoms with Crippen molar-refractivity contribution in [2.24, 2.45) is 0 Å². The molecule has 2 aromatic rings. The van der Waals surface area contributed by atoms with Crippen molar-refractivity contribution >= 4 is 16.5 Å². The molecule has 0 unspecified atom stereocenters. The van der Waals surface area contributed by atoms with Crippen molar-refractivity contribution in [2.75, 3.05) is 11.9 Å². The Morgan fingerprint density at radius 2 is 2.25 bits per heavy atom. The third-order valence-electron chi connectivity index (χ3n) is 2.29. The second kappa shape index (κ2) is 4.65. The van der Waals surface area contributed by atoms with Crippen LogP contribution in [-0.4, -0.2) is 21.3 Å². The Morgan fingerprint density at radius 3 is 2.88 bits per heavy atom. The average Bonchev–Trinajstić information content (AvgIpc) is 2.76. The number of hydrogen-bond acceptors (Lipinski definition) is 4. The number of rotatable bonds is 4. The van der Waals surface area contributed by atoms with Gasteiger partial charge in [0.15, 0.2) is 5.13 Å². The normalized spacial score (nSPS) is 10.7. The fourth-order valence-corrected chi connectivity index (χ4v) is 2.46. The predicted octanol–water partition coefficient (Wildman–Crippen LogP) is 2.44. The Kier molecular flexibility index (Phi) is 3.24. The summed E-state index contributed by atoms with van der Waals surface area (Å²) in [5, 5.41) is 8.63. The van der Waals surface area contributed by atoms with Crippen LogP contribution in [0.4, 0.5) is 5.13 Å². The molecular formula is C11H16N4S. The van der Waals surface area contributed by atoms with Crippen LogP contribution in [0.3, 0.4) is 0 Å². The van der Waals surface area contributed by atoms with Crippen molar-refractivity contribution in [2.45, 2.75) is 27.3 Å². The Morgan fingerprint density at radius 1 is 1.44 bits per heavy atom. The summed E-state index contributed by atoms with van der Waals surface area (Å²) in [5.74, 6) is 0. The molecule has 0 saturated carbocycles. The van der Waals surface area contributed by atoms with Gasteiger partial charge in [-0.15, -0.1) is 11.3 Å². The number of aryl methyl sites for hydroxylation is 2. The van der Waals surface area contributed by atoms with Crippen molar-refractivity contribution < 1.29 is 0 Å². The van der Waals surface area contributed by atoms with Gasteiger partial charge in [-0.25, -0.2) is 4.98 Å². The molecule has 1 N–H and O–H groups in total. The van der Waals surface area contributed by atoms with Gasteiger partial charge in [0, 0.05) is 23.3 Å². The average molecular weight is 236 g/mol. The molecule has 0 amide bonds. The van der Waals surface area contributed by atoms with Crippen LogP contribution in [0.2, 0.25) is 0 Å². The summed E-state index contributed by atoms with van der Waals surface area (Å²) in [6.07, 6.45) is 1.92. The van der Waals surface area contributed by atoms with Gasteiger partial charge in [-0.05, 0) is 26.8 Å². The van der Waals surface area contributed by atoms with Gasteiger partial charge in [-0.1, -0.05) is 0 Å². The summed E-state index contributed by atoms with van der Waals surface area (Å²) in [6, 6.07) is 2.09. The van der Waals surface area contributed by atoms with E-state index in [1.54, 1.807) is 11.3 Å². The first-order chi connectivity index (χ1) is 7.69. The van der Waals surface area contributed by atoms with Crippen molar-refractivity contribution in [3.05, 3.63) is 28.5 Å². The van der Waals surface area contributed by atoms with Crippen LogP contribution in [0.15, 0.2) is 12.3 Å². The minimum absolute atomic E-state index is 0.808. The quantitative estimate of drug-likeness (QED) is 0.886. The Hall–Kier alpha value is -1.36. The van der Waals surface area contributed by atoms with E-state index in [1.165, 1.54) is 10.6 Å². The molecule has 5 heteroatoms. The lowest BCUT2D eigenvalue weighted by atomic mass is 10.4. The second-order valence-electron chi connectivity index (χ2n) is 3.75. The number of anilines is 1. The maximum atomic E-state index is 4.44. The van der Waals surface area contributed by atoms with Gasteiger partial charge < -0.3 is 5.32 Å². The van der Waals surface area contributed by atoms with Gasteiger partial charge in [-0.3, -0.25) is 4.68 Å². The van der Waals surface area contributed by atoms with E-state index in [-0.39, 0.29) is 0 Å². The van der Waals surface area contributed by atoms with Crippen molar-refractivity contribution in [1.29, 1.82) is 0 Å². The molecule has 0 aliphatic rings. The van der Waals surface area contributed by atoms with Crippen LogP contribution in [0.25, 0.3) is 0 Å². The van der Waals surface area contributed by atoms with Gasteiger partial charge in [0.05, 0.1) is 12.2 Å². The lowest BCUT2D eigenvalue weighted by Crippen LogP contribution is -2.02. The van der Waals surface area contributed by atoms with E-state index in [9.17, 15) is 0 Å². The first-order valence-corrected chi connectivity index (χ1v) is 6.20. The highest BCUT2D eigenvalue weighted by atomic mass is 32.1. The lowest BCUT2D eigenvalue weighted by molar-refractivity contribution is 0.665. The molecule has 0 fully saturated rings. The van der Waals surface area contributed by atoms with Crippen LogP contribution >= 0.6 is 11.3 Å². The Bertz CT molecular complexity index is 472. The van der Waals surface area contributed by atoms with Crippen LogP contribution in [-0.2, 0) is 6.54 Å². The van der Waals surface area contributed by atoms with Crippen LogP contribution in [0.5, 0.6) is 0 Å². The smallest absolute Gasteiger partial charge is 0.182 e. The van der Waals surface area contributed by atoms with Gasteiger partial charge in [0.2, 0.25) is 0 Å². The highest BCUT2D eigenvalue weighted by Crippen LogP contribution is 2.19. The number of nitrogens with one attached hydrogen (secondary N) is 1. The third-order valence-corrected chi connectivity index (χ3v) is 3.23. The van der Waals surface area contributed by atoms with Crippen LogP contribution in [0, 0.1) is 13.8 Å². The number of thiazole rings is 1. The van der Waals surface area contributed by atoms with Gasteiger partial charge >= 0.3 is 0 Å². The molecule has 4 nitrogen and oxygen atoms in total. The predicted molar refractivity (Wildman–Crippen MR) is 67.1 cm³/mol. The molecule has 0 atom stereocenters. The summed E-state index contributed by atoms with van der Waals surface area (Å²) in [6.45, 7) is 7.88. The molecular weight excluding hydrogens is 220 g/mol. The number of hydrogen-bond donors (Lipinski definition) is 1. The zero-order valence-corrected chi connectivity index (χ0v) is 10.6. The lowest BCUT2D eigenvalue weighted by Gasteiger charge is -2.00. The maximum Gasteiger partial charge on any atom is 0.182 e. The summed E-state index contributed by atoms with van der Waals surface area (Å²) in [7, 11) is 0. The van der Waals surface area contributed by atoms with E-state index in [2.05, 4.69) is 35.3 Å². The molecule has 2 rings (SSSR count). The fraction of sp³-hybridized carbons (Fsp3) is 0.455. The molecule has 0 spiro atoms. The highest BCUT2D eigenvalue weighted by Gasteiger charge is 2.05. The summed E-state index contributed by atoms with van der Waals surface area (Å²) >= 11 is 1.69. The molecule has 0 aromatic carbocycles. The zero-order valence-electron chi connectivity index (χ0n) is 9.82. The van der Waals surface area contributed by atoms with E-state index in [0.717, 1.165) is 23.9 Å². The van der Waals surface area contributed by atoms with Gasteiger partial charge in [0.1, 0.15) is 0 Å². The SMILES string of the molecule is CCNc1ncc(Cn2nc(C)cc2C)s1. The molecule has 86 valence electrons. The first kappa shape index (κ1) is 11.1. The molecule has 2 heterocycles. The maximum absolute atomic E-state index is 4.44. The zero-order chi connectivity index (χ0) is 11.5. The minimum atomic E-state index is 0.808. The monoisotopic (exact) mass is 236 g/mol. The van der Waals surface area contributed by atoms with E-state index in [0.29, 0.717) is 0 Å². The molecule has 16 heavy (non-hydrogen) atoms. The molecule has 2 aromatic heterocycles. The Balaban J connectivity index is 2.11. The number of aromatic nitrogens is 3. The van der Waals surface area contributed by atoms with Gasteiger partial charge in [0.25, 0.3) is 0 Å². The molecule has 0 bridgehead atoms. The molecule has 0 saturated heterocycles. The summed E-state index contributed by atoms with van der Waals surface area (Å²) in [4.78, 5) is 5.53. The van der Waals surface area contributed by atoms with E-state index >= 15 is 0 Å². The summed E-state index contributed by atoms with van der Waals surface area (Å²) < 4.78 is 2.01. The standard InChI is InChI=1S/C11H16N4S/c1-4-12-11-13-6-10(16-11)7-15-9(3)5-8(2)14-15/h5-6H,4,7H2,1-3H3,(H,12,13). The first-order valence-electron chi connectivity index (χ1n) is 5.38. The molecule has 0 aliphatic carbocycles. The van der Waals surface area contributed by atoms with Crippen molar-refractivity contribution in [1.82, 2.24) is 14.8 Å². The number of nitrogens with zero attached hydrogens (tertiary/aromatic N) is 3. The highest BCUT2D eigenvalue weighted by molar-refractivity contribution is 7.15. The largest absolute Gasteiger partial charge is 0.362 e.